The lowest BCUT2D eigenvalue weighted by molar-refractivity contribution is -0.116. The Morgan fingerprint density at radius 3 is 2.73 bits per heavy atom. The molecule has 2 atom stereocenters. The summed E-state index contributed by atoms with van der Waals surface area (Å²) in [4.78, 5) is 13.4. The SMILES string of the molecule is COc1ccc([C@@H]2Nc3nonc3NC3=C2C(=O)C[C@H](c2ccco2)C3)c(OC)c1. The molecule has 9 heteroatoms. The van der Waals surface area contributed by atoms with Gasteiger partial charge in [-0.25, -0.2) is 4.63 Å². The molecule has 5 rings (SSSR count). The van der Waals surface area contributed by atoms with E-state index in [4.69, 9.17) is 18.5 Å². The van der Waals surface area contributed by atoms with E-state index in [9.17, 15) is 4.79 Å². The summed E-state index contributed by atoms with van der Waals surface area (Å²) in [5, 5.41) is 14.4. The Hall–Kier alpha value is -3.75. The molecule has 0 amide bonds. The molecule has 2 aliphatic rings. The van der Waals surface area contributed by atoms with Gasteiger partial charge in [0.25, 0.3) is 0 Å². The molecule has 0 saturated heterocycles. The number of hydrogen-bond acceptors (Lipinski definition) is 9. The fourth-order valence-corrected chi connectivity index (χ4v) is 4.12. The van der Waals surface area contributed by atoms with Crippen LogP contribution in [0.5, 0.6) is 11.5 Å². The maximum atomic E-state index is 13.4. The van der Waals surface area contributed by atoms with E-state index >= 15 is 0 Å². The number of allylic oxidation sites excluding steroid dienone is 1. The van der Waals surface area contributed by atoms with Crippen molar-refractivity contribution in [3.63, 3.8) is 0 Å². The van der Waals surface area contributed by atoms with E-state index < -0.39 is 6.04 Å². The number of nitrogens with one attached hydrogen (secondary N) is 2. The lowest BCUT2D eigenvalue weighted by Crippen LogP contribution is -2.27. The molecule has 9 nitrogen and oxygen atoms in total. The monoisotopic (exact) mass is 408 g/mol. The van der Waals surface area contributed by atoms with Gasteiger partial charge in [0.15, 0.2) is 5.78 Å². The molecule has 3 heterocycles. The molecule has 30 heavy (non-hydrogen) atoms. The largest absolute Gasteiger partial charge is 0.497 e. The van der Waals surface area contributed by atoms with E-state index in [1.165, 1.54) is 0 Å². The fourth-order valence-electron chi connectivity index (χ4n) is 4.12. The van der Waals surface area contributed by atoms with E-state index in [2.05, 4.69) is 20.9 Å². The van der Waals surface area contributed by atoms with Gasteiger partial charge in [0.1, 0.15) is 17.3 Å². The Balaban J connectivity index is 1.63. The molecule has 154 valence electrons. The minimum Gasteiger partial charge on any atom is -0.497 e. The van der Waals surface area contributed by atoms with Gasteiger partial charge in [0, 0.05) is 35.2 Å². The van der Waals surface area contributed by atoms with Crippen LogP contribution in [-0.2, 0) is 4.79 Å². The van der Waals surface area contributed by atoms with E-state index in [-0.39, 0.29) is 11.7 Å². The predicted molar refractivity (Wildman–Crippen MR) is 107 cm³/mol. The van der Waals surface area contributed by atoms with Gasteiger partial charge in [-0.3, -0.25) is 4.79 Å². The molecule has 0 unspecified atom stereocenters. The number of anilines is 2. The van der Waals surface area contributed by atoms with Gasteiger partial charge >= 0.3 is 0 Å². The highest BCUT2D eigenvalue weighted by Crippen LogP contribution is 2.45. The molecule has 1 aromatic carbocycles. The van der Waals surface area contributed by atoms with Gasteiger partial charge in [0.05, 0.1) is 26.5 Å². The van der Waals surface area contributed by atoms with Crippen LogP contribution < -0.4 is 20.1 Å². The van der Waals surface area contributed by atoms with Crippen LogP contribution in [0.2, 0.25) is 0 Å². The van der Waals surface area contributed by atoms with Crippen molar-refractivity contribution < 1.29 is 23.3 Å². The summed E-state index contributed by atoms with van der Waals surface area (Å²) in [5.41, 5.74) is 2.17. The number of benzene rings is 1. The van der Waals surface area contributed by atoms with Crippen LogP contribution in [0.15, 0.2) is 56.9 Å². The van der Waals surface area contributed by atoms with E-state index in [1.807, 2.05) is 24.3 Å². The van der Waals surface area contributed by atoms with Gasteiger partial charge in [-0.15, -0.1) is 0 Å². The Kier molecular flexibility index (Phi) is 4.42. The molecule has 1 aliphatic heterocycles. The first-order valence-electron chi connectivity index (χ1n) is 9.55. The molecular weight excluding hydrogens is 388 g/mol. The van der Waals surface area contributed by atoms with Crippen LogP contribution in [0, 0.1) is 0 Å². The Bertz CT molecular complexity index is 1120. The minimum atomic E-state index is -0.494. The molecule has 1 aliphatic carbocycles. The molecular formula is C21H20N4O5. The maximum Gasteiger partial charge on any atom is 0.219 e. The van der Waals surface area contributed by atoms with Gasteiger partial charge in [-0.2, -0.15) is 0 Å². The topological polar surface area (TPSA) is 112 Å². The highest BCUT2D eigenvalue weighted by Gasteiger charge is 2.39. The van der Waals surface area contributed by atoms with Crippen molar-refractivity contribution in [2.45, 2.75) is 24.8 Å². The average molecular weight is 408 g/mol. The van der Waals surface area contributed by atoms with Crippen molar-refractivity contribution in [1.29, 1.82) is 0 Å². The highest BCUT2D eigenvalue weighted by molar-refractivity contribution is 6.01. The molecule has 0 spiro atoms. The zero-order chi connectivity index (χ0) is 20.7. The zero-order valence-electron chi connectivity index (χ0n) is 16.5. The van der Waals surface area contributed by atoms with Gasteiger partial charge in [0.2, 0.25) is 11.6 Å². The van der Waals surface area contributed by atoms with Gasteiger partial charge in [-0.05, 0) is 41.0 Å². The number of rotatable bonds is 4. The van der Waals surface area contributed by atoms with Crippen molar-refractivity contribution in [3.8, 4) is 11.5 Å². The number of Topliss-reactive ketones (excluding diaryl/α,β-unsaturated/α-hetero) is 1. The summed E-state index contributed by atoms with van der Waals surface area (Å²) in [6.45, 7) is 0. The van der Waals surface area contributed by atoms with E-state index in [1.54, 1.807) is 26.5 Å². The lowest BCUT2D eigenvalue weighted by atomic mass is 9.80. The summed E-state index contributed by atoms with van der Waals surface area (Å²) < 4.78 is 21.4. The summed E-state index contributed by atoms with van der Waals surface area (Å²) in [7, 11) is 3.18. The summed E-state index contributed by atoms with van der Waals surface area (Å²) in [6.07, 6.45) is 2.56. The molecule has 0 fully saturated rings. The normalized spacial score (nSPS) is 20.5. The minimum absolute atomic E-state index is 0.0163. The Morgan fingerprint density at radius 2 is 1.97 bits per heavy atom. The zero-order valence-corrected chi connectivity index (χ0v) is 16.5. The standard InChI is InChI=1S/C21H20N4O5/c1-27-12-5-6-13(17(10-12)28-2)19-18-14(22-20-21(23-19)25-30-24-20)8-11(9-15(18)26)16-4-3-7-29-16/h3-7,10-11,19H,8-9H2,1-2H3,(H,22,24)(H,23,25)/t11-,19+/m1/s1. The third-order valence-corrected chi connectivity index (χ3v) is 5.53. The number of nitrogens with zero attached hydrogens (tertiary/aromatic N) is 2. The average Bonchev–Trinajstić information content (AvgIpc) is 3.42. The quantitative estimate of drug-likeness (QED) is 0.668. The van der Waals surface area contributed by atoms with Crippen molar-refractivity contribution >= 4 is 17.4 Å². The summed E-state index contributed by atoms with van der Waals surface area (Å²) >= 11 is 0. The first-order chi connectivity index (χ1) is 14.7. The van der Waals surface area contributed by atoms with Crippen LogP contribution in [0.25, 0.3) is 0 Å². The predicted octanol–water partition coefficient (Wildman–Crippen LogP) is 3.66. The van der Waals surface area contributed by atoms with Crippen molar-refractivity contribution in [3.05, 3.63) is 59.2 Å². The second-order valence-corrected chi connectivity index (χ2v) is 7.21. The molecule has 2 aromatic heterocycles. The third kappa shape index (κ3) is 2.99. The second kappa shape index (κ2) is 7.25. The number of ether oxygens (including phenoxy) is 2. The van der Waals surface area contributed by atoms with Crippen molar-refractivity contribution in [2.75, 3.05) is 24.9 Å². The number of carbonyl (C=O) groups is 1. The molecule has 0 bridgehead atoms. The highest BCUT2D eigenvalue weighted by atomic mass is 16.6. The molecule has 3 aromatic rings. The Morgan fingerprint density at radius 1 is 1.10 bits per heavy atom. The van der Waals surface area contributed by atoms with Gasteiger partial charge < -0.3 is 24.5 Å². The number of carbonyl (C=O) groups excluding carboxylic acids is 1. The number of aromatic nitrogens is 2. The second-order valence-electron chi connectivity index (χ2n) is 7.21. The molecule has 2 N–H and O–H groups in total. The van der Waals surface area contributed by atoms with Crippen LogP contribution in [0.1, 0.15) is 36.1 Å². The van der Waals surface area contributed by atoms with E-state index in [0.717, 1.165) is 17.0 Å². The van der Waals surface area contributed by atoms with E-state index in [0.29, 0.717) is 41.5 Å². The third-order valence-electron chi connectivity index (χ3n) is 5.53. The van der Waals surface area contributed by atoms with Crippen LogP contribution in [0.3, 0.4) is 0 Å². The van der Waals surface area contributed by atoms with Crippen molar-refractivity contribution in [1.82, 2.24) is 10.3 Å². The Labute approximate surface area is 172 Å². The molecule has 0 saturated carbocycles. The smallest absolute Gasteiger partial charge is 0.219 e. The fraction of sp³-hybridized carbons (Fsp3) is 0.286. The number of methoxy groups -OCH3 is 2. The van der Waals surface area contributed by atoms with Crippen LogP contribution in [-0.4, -0.2) is 30.3 Å². The lowest BCUT2D eigenvalue weighted by Gasteiger charge is -2.29. The maximum absolute atomic E-state index is 13.4. The van der Waals surface area contributed by atoms with Crippen LogP contribution in [0.4, 0.5) is 11.6 Å². The number of fused-ring (bicyclic) bond motifs is 1. The van der Waals surface area contributed by atoms with Gasteiger partial charge in [-0.1, -0.05) is 0 Å². The summed E-state index contributed by atoms with van der Waals surface area (Å²) in [6, 6.07) is 8.73. The van der Waals surface area contributed by atoms with Crippen LogP contribution >= 0.6 is 0 Å². The van der Waals surface area contributed by atoms with Crippen molar-refractivity contribution in [2.24, 2.45) is 0 Å². The number of hydrogen-bond donors (Lipinski definition) is 2. The first-order valence-corrected chi connectivity index (χ1v) is 9.55. The number of furan rings is 1. The first kappa shape index (κ1) is 18.3. The molecule has 0 radical (unpaired) electrons. The summed E-state index contributed by atoms with van der Waals surface area (Å²) in [5.74, 6) is 2.86. The number of ketones is 1.